The Balaban J connectivity index is 0. The molecular formula is C6H24No3. The predicted molar refractivity (Wildman–Crippen MR) is 40.4 cm³/mol. The maximum atomic E-state index is 0. The Labute approximate surface area is 45.6 Å². The van der Waals surface area contributed by atoms with Crippen molar-refractivity contribution in [1.82, 2.24) is 0 Å². The Bertz CT molecular complexity index is 8.26. The van der Waals surface area contributed by atoms with E-state index in [4.69, 9.17) is 0 Å². The van der Waals surface area contributed by atoms with E-state index < -0.39 is 0 Å². The van der Waals surface area contributed by atoms with Gasteiger partial charge in [-0.05, 0) is 0 Å². The molecule has 0 aliphatic rings. The minimum atomic E-state index is 0. The van der Waals surface area contributed by atoms with Crippen molar-refractivity contribution in [1.29, 1.82) is 0 Å². The van der Waals surface area contributed by atoms with Crippen molar-refractivity contribution in [3.8, 4) is 0 Å². The quantitative estimate of drug-likeness (QED) is 0.348. The second kappa shape index (κ2) is 8.89. The zero-order valence-corrected chi connectivity index (χ0v) is 7.48. The van der Waals surface area contributed by atoms with E-state index in [0.717, 1.165) is 0 Å². The summed E-state index contributed by atoms with van der Waals surface area (Å²) in [6, 6.07) is 0. The summed E-state index contributed by atoms with van der Waals surface area (Å²) in [5.74, 6) is 0. The molecule has 0 N–H and O–H groups in total. The van der Waals surface area contributed by atoms with Gasteiger partial charge in [-0.25, -0.2) is 0 Å². The summed E-state index contributed by atoms with van der Waals surface area (Å²) in [5, 5.41) is 0. The molecule has 0 spiro atoms. The molecule has 0 amide bonds. The van der Waals surface area contributed by atoms with E-state index in [1.165, 1.54) is 0 Å². The van der Waals surface area contributed by atoms with E-state index in [2.05, 4.69) is 0 Å². The molecule has 0 aromatic carbocycles. The van der Waals surface area contributed by atoms with Gasteiger partial charge < -0.3 is 0 Å². The Morgan fingerprint density at radius 3 is 0.222 bits per heavy atom. The SMILES string of the molecule is C.C.C.C.C.C.[No].[No].[No]. The fourth-order valence-corrected chi connectivity index (χ4v) is 0. The van der Waals surface area contributed by atoms with Crippen LogP contribution in [0.2, 0.25) is 0 Å². The second-order valence-electron chi connectivity index (χ2n) is 0. The van der Waals surface area contributed by atoms with Crippen LogP contribution in [0.3, 0.4) is 0 Å². The predicted octanol–water partition coefficient (Wildman–Crippen LogP) is 3.82. The molecule has 0 fully saturated rings. The minimum Gasteiger partial charge on any atom is -0.0776 e. The average molecular weight is 873 g/mol. The fourth-order valence-electron chi connectivity index (χ4n) is 0. The van der Waals surface area contributed by atoms with Gasteiger partial charge in [0, 0.05) is 0 Å². The number of rotatable bonds is 0. The molecule has 3 heteroatoms. The van der Waals surface area contributed by atoms with Crippen molar-refractivity contribution in [3.05, 3.63) is 0 Å². The third-order valence-electron chi connectivity index (χ3n) is 0. The van der Waals surface area contributed by atoms with Crippen LogP contribution in [-0.4, -0.2) is 0 Å². The van der Waals surface area contributed by atoms with Gasteiger partial charge in [-0.1, -0.05) is 44.6 Å². The summed E-state index contributed by atoms with van der Waals surface area (Å²) in [4.78, 5) is 0. The first-order valence-electron chi connectivity index (χ1n) is 0. The maximum absolute atomic E-state index is 0. The molecule has 0 radical (unpaired) electrons. The van der Waals surface area contributed by atoms with Crippen LogP contribution in [0.15, 0.2) is 0 Å². The van der Waals surface area contributed by atoms with Crippen molar-refractivity contribution in [3.63, 3.8) is 0 Å². The summed E-state index contributed by atoms with van der Waals surface area (Å²) < 4.78 is 0. The summed E-state index contributed by atoms with van der Waals surface area (Å²) in [6.07, 6.45) is 0. The standard InChI is InChI=1S/6CH4.3No/h6*1H4;;;. The maximum Gasteiger partial charge on any atom is 0 e. The van der Waals surface area contributed by atoms with Gasteiger partial charge in [0.25, 0.3) is 0 Å². The third-order valence-corrected chi connectivity index (χ3v) is 0. The Morgan fingerprint density at radius 1 is 0.222 bits per heavy atom. The van der Waals surface area contributed by atoms with Crippen LogP contribution < -0.4 is 0 Å². The van der Waals surface area contributed by atoms with Crippen LogP contribution >= 0.6 is 0 Å². The molecule has 9 heavy (non-hydrogen) atoms. The molecule has 0 heterocycles. The monoisotopic (exact) mass is 873 g/mol. The van der Waals surface area contributed by atoms with Gasteiger partial charge in [0.2, 0.25) is 0 Å². The molecule has 0 saturated heterocycles. The van der Waals surface area contributed by atoms with Gasteiger partial charge >= 0.3 is 0 Å². The van der Waals surface area contributed by atoms with Gasteiger partial charge in [0.1, 0.15) is 0 Å². The van der Waals surface area contributed by atoms with Crippen molar-refractivity contribution in [2.24, 2.45) is 0 Å². The van der Waals surface area contributed by atoms with Crippen LogP contribution in [-0.2, 0) is 0 Å². The van der Waals surface area contributed by atoms with Crippen LogP contribution in [0, 0.1) is 0 Å². The van der Waals surface area contributed by atoms with Crippen LogP contribution in [0.25, 0.3) is 0 Å². The molecule has 0 atom stereocenters. The Morgan fingerprint density at radius 2 is 0.222 bits per heavy atom. The summed E-state index contributed by atoms with van der Waals surface area (Å²) in [6.45, 7) is 0. The van der Waals surface area contributed by atoms with Crippen LogP contribution in [0.4, 0.5) is 0 Å². The minimum absolute atomic E-state index is 0. The Hall–Kier alpha value is -3.00. The van der Waals surface area contributed by atoms with E-state index in [1.807, 2.05) is 0 Å². The molecule has 0 aliphatic carbocycles. The Kier molecular flexibility index (Phi) is 16.5. The molecule has 90 valence electrons. The fraction of sp³-hybridized carbons (Fsp3) is 1.00. The van der Waals surface area contributed by atoms with E-state index in [9.17, 15) is 0 Å². The topological polar surface area (TPSA) is 0 Å². The summed E-state index contributed by atoms with van der Waals surface area (Å²) >= 11 is 0. The van der Waals surface area contributed by atoms with Crippen molar-refractivity contribution < 1.29 is 0 Å². The second-order valence-corrected chi connectivity index (χ2v) is 0. The number of hydrogen-bond donors (Lipinski definition) is 0. The van der Waals surface area contributed by atoms with Crippen molar-refractivity contribution in [2.45, 2.75) is 44.6 Å². The van der Waals surface area contributed by atoms with Crippen LogP contribution in [0.1, 0.15) is 44.6 Å². The van der Waals surface area contributed by atoms with E-state index in [-0.39, 0.29) is 44.6 Å². The third kappa shape index (κ3) is 5.00. The molecule has 0 aromatic rings. The van der Waals surface area contributed by atoms with Gasteiger partial charge in [0.05, 0.1) is 0 Å². The first-order chi connectivity index (χ1) is 0. The van der Waals surface area contributed by atoms with E-state index in [1.54, 1.807) is 0 Å². The molecular weight excluding hydrogens is 849 g/mol. The molecule has 0 aromatic heterocycles. The average Bonchev–Trinajstić information content (AvgIpc) is 0. The van der Waals surface area contributed by atoms with Crippen LogP contribution in [0.5, 0.6) is 0 Å². The van der Waals surface area contributed by atoms with Crippen molar-refractivity contribution in [2.75, 3.05) is 0 Å². The zero-order chi connectivity index (χ0) is 0. The first kappa shape index (κ1) is 16.7. The van der Waals surface area contributed by atoms with E-state index >= 15 is 0 Å². The van der Waals surface area contributed by atoms with Gasteiger partial charge in [-0.15, -0.1) is 0 Å². The summed E-state index contributed by atoms with van der Waals surface area (Å²) in [5.41, 5.74) is 0. The van der Waals surface area contributed by atoms with Gasteiger partial charge in [-0.3, -0.25) is 0 Å². The smallest absolute Gasteiger partial charge is 0 e. The largest absolute Gasteiger partial charge is 0.0776 e. The number of hydrogen-bond acceptors (Lipinski definition) is 0. The van der Waals surface area contributed by atoms with Gasteiger partial charge in [-0.2, -0.15) is 0 Å². The molecule has 0 saturated carbocycles. The zero-order valence-electron chi connectivity index (χ0n) is 0.802. The molecule has 0 aliphatic heterocycles. The molecule has 0 bridgehead atoms. The first-order valence-corrected chi connectivity index (χ1v) is 0. The van der Waals surface area contributed by atoms with E-state index in [0.29, 0.717) is 0 Å². The summed E-state index contributed by atoms with van der Waals surface area (Å²) in [7, 11) is 0. The molecule has 0 unspecified atom stereocenters. The normalized spacial score (nSPS) is 0. The van der Waals surface area contributed by atoms with Gasteiger partial charge in [0.15, 0.2) is 0 Å². The molecule has 0 nitrogen and oxygen atoms in total. The molecule has 0 rings (SSSR count). The van der Waals surface area contributed by atoms with Crippen molar-refractivity contribution >= 4 is 0 Å².